The number of hydrogen-bond acceptors (Lipinski definition) is 2. The molecule has 2 atom stereocenters. The molecule has 1 aromatic heterocycles. The molecule has 0 bridgehead atoms. The lowest BCUT2D eigenvalue weighted by Crippen LogP contribution is -2.35. The highest BCUT2D eigenvalue weighted by atomic mass is 32.1. The molecule has 2 heteroatoms. The number of aryl methyl sites for hydroxylation is 1. The highest BCUT2D eigenvalue weighted by molar-refractivity contribution is 7.11. The van der Waals surface area contributed by atoms with Crippen LogP contribution in [0.3, 0.4) is 0 Å². The maximum Gasteiger partial charge on any atom is 0.00510 e. The molecule has 0 spiro atoms. The van der Waals surface area contributed by atoms with Crippen molar-refractivity contribution in [2.75, 3.05) is 13.6 Å². The van der Waals surface area contributed by atoms with Crippen molar-refractivity contribution >= 4 is 11.3 Å². The Labute approximate surface area is 122 Å². The Morgan fingerprint density at radius 2 is 2.00 bits per heavy atom. The lowest BCUT2D eigenvalue weighted by molar-refractivity contribution is 0.118. The standard InChI is InChI=1S/C17H29NS/c1-5-15-6-7-16(19-15)10-14-11-17(2,3)9-8-13(14)12-18-4/h6-7,13-14,18H,5,8-12H2,1-4H3. The van der Waals surface area contributed by atoms with E-state index in [0.717, 1.165) is 11.8 Å². The molecule has 108 valence electrons. The lowest BCUT2D eigenvalue weighted by atomic mass is 9.66. The fourth-order valence-electron chi connectivity index (χ4n) is 3.54. The van der Waals surface area contributed by atoms with E-state index in [1.54, 1.807) is 4.88 Å². The molecule has 2 unspecified atom stereocenters. The van der Waals surface area contributed by atoms with Crippen LogP contribution in [0.5, 0.6) is 0 Å². The maximum atomic E-state index is 3.40. The molecule has 1 heterocycles. The fraction of sp³-hybridized carbons (Fsp3) is 0.765. The smallest absolute Gasteiger partial charge is 0.00510 e. The van der Waals surface area contributed by atoms with Crippen molar-refractivity contribution in [2.45, 2.75) is 52.9 Å². The average molecular weight is 279 g/mol. The van der Waals surface area contributed by atoms with E-state index in [1.165, 1.54) is 43.5 Å². The van der Waals surface area contributed by atoms with E-state index in [4.69, 9.17) is 0 Å². The van der Waals surface area contributed by atoms with Gasteiger partial charge in [0.25, 0.3) is 0 Å². The van der Waals surface area contributed by atoms with Gasteiger partial charge in [-0.1, -0.05) is 20.8 Å². The molecule has 0 radical (unpaired) electrons. The van der Waals surface area contributed by atoms with Gasteiger partial charge in [-0.05, 0) is 75.1 Å². The summed E-state index contributed by atoms with van der Waals surface area (Å²) in [6.07, 6.45) is 6.64. The van der Waals surface area contributed by atoms with E-state index >= 15 is 0 Å². The Kier molecular flexibility index (Phi) is 5.08. The normalized spacial score (nSPS) is 26.5. The van der Waals surface area contributed by atoms with E-state index < -0.39 is 0 Å². The van der Waals surface area contributed by atoms with Crippen LogP contribution in [-0.4, -0.2) is 13.6 Å². The summed E-state index contributed by atoms with van der Waals surface area (Å²) >= 11 is 2.03. The van der Waals surface area contributed by atoms with Gasteiger partial charge in [0.05, 0.1) is 0 Å². The van der Waals surface area contributed by atoms with Gasteiger partial charge in [0.2, 0.25) is 0 Å². The number of rotatable bonds is 5. The molecule has 1 aliphatic rings. The maximum absolute atomic E-state index is 3.40. The minimum atomic E-state index is 0.541. The molecule has 1 aliphatic carbocycles. The van der Waals surface area contributed by atoms with Crippen LogP contribution in [-0.2, 0) is 12.8 Å². The highest BCUT2D eigenvalue weighted by Gasteiger charge is 2.34. The van der Waals surface area contributed by atoms with Crippen LogP contribution < -0.4 is 5.32 Å². The predicted octanol–water partition coefficient (Wildman–Crippen LogP) is 4.51. The van der Waals surface area contributed by atoms with E-state index in [1.807, 2.05) is 11.3 Å². The first kappa shape index (κ1) is 15.1. The minimum Gasteiger partial charge on any atom is -0.319 e. The van der Waals surface area contributed by atoms with Crippen molar-refractivity contribution < 1.29 is 0 Å². The second kappa shape index (κ2) is 6.41. The van der Waals surface area contributed by atoms with Crippen LogP contribution in [0.4, 0.5) is 0 Å². The third-order valence-corrected chi connectivity index (χ3v) is 5.92. The zero-order chi connectivity index (χ0) is 13.9. The summed E-state index contributed by atoms with van der Waals surface area (Å²) in [5.41, 5.74) is 0.541. The van der Waals surface area contributed by atoms with Gasteiger partial charge >= 0.3 is 0 Å². The van der Waals surface area contributed by atoms with Crippen LogP contribution in [0.25, 0.3) is 0 Å². The fourth-order valence-corrected chi connectivity index (χ4v) is 4.59. The average Bonchev–Trinajstić information content (AvgIpc) is 2.80. The quantitative estimate of drug-likeness (QED) is 0.836. The summed E-state index contributed by atoms with van der Waals surface area (Å²) in [6, 6.07) is 4.68. The number of thiophene rings is 1. The Morgan fingerprint density at radius 1 is 1.26 bits per heavy atom. The Bertz CT molecular complexity index is 394. The predicted molar refractivity (Wildman–Crippen MR) is 85.9 cm³/mol. The molecule has 1 N–H and O–H groups in total. The SMILES string of the molecule is CCc1ccc(CC2CC(C)(C)CCC2CNC)s1. The van der Waals surface area contributed by atoms with Crippen LogP contribution in [0, 0.1) is 17.3 Å². The summed E-state index contributed by atoms with van der Waals surface area (Å²) in [6.45, 7) is 8.33. The molecule has 0 amide bonds. The molecule has 19 heavy (non-hydrogen) atoms. The third kappa shape index (κ3) is 4.06. The van der Waals surface area contributed by atoms with E-state index in [0.29, 0.717) is 5.41 Å². The number of nitrogens with one attached hydrogen (secondary N) is 1. The molecule has 0 aliphatic heterocycles. The minimum absolute atomic E-state index is 0.541. The molecule has 2 rings (SSSR count). The van der Waals surface area contributed by atoms with Gasteiger partial charge in [-0.15, -0.1) is 11.3 Å². The molecule has 0 aromatic carbocycles. The first-order chi connectivity index (χ1) is 9.04. The summed E-state index contributed by atoms with van der Waals surface area (Å²) in [5.74, 6) is 1.73. The highest BCUT2D eigenvalue weighted by Crippen LogP contribution is 2.43. The topological polar surface area (TPSA) is 12.0 Å². The zero-order valence-electron chi connectivity index (χ0n) is 13.0. The van der Waals surface area contributed by atoms with Gasteiger partial charge < -0.3 is 5.32 Å². The second-order valence-corrected chi connectivity index (χ2v) is 8.16. The van der Waals surface area contributed by atoms with Crippen molar-refractivity contribution in [1.82, 2.24) is 5.32 Å². The van der Waals surface area contributed by atoms with Gasteiger partial charge in [-0.25, -0.2) is 0 Å². The zero-order valence-corrected chi connectivity index (χ0v) is 13.8. The third-order valence-electron chi connectivity index (χ3n) is 4.67. The molecular formula is C17H29NS. The van der Waals surface area contributed by atoms with Gasteiger partial charge in [0.15, 0.2) is 0 Å². The van der Waals surface area contributed by atoms with Gasteiger partial charge in [0.1, 0.15) is 0 Å². The van der Waals surface area contributed by atoms with Crippen LogP contribution >= 0.6 is 11.3 Å². The van der Waals surface area contributed by atoms with Gasteiger partial charge in [-0.3, -0.25) is 0 Å². The van der Waals surface area contributed by atoms with Crippen LogP contribution in [0.15, 0.2) is 12.1 Å². The van der Waals surface area contributed by atoms with Crippen LogP contribution in [0.1, 0.15) is 49.8 Å². The Hall–Kier alpha value is -0.340. The first-order valence-corrected chi connectivity index (χ1v) is 8.58. The Morgan fingerprint density at radius 3 is 2.63 bits per heavy atom. The summed E-state index contributed by atoms with van der Waals surface area (Å²) in [5, 5.41) is 3.40. The lowest BCUT2D eigenvalue weighted by Gasteiger charge is -2.41. The van der Waals surface area contributed by atoms with Crippen LogP contribution in [0.2, 0.25) is 0 Å². The summed E-state index contributed by atoms with van der Waals surface area (Å²) < 4.78 is 0. The molecule has 1 nitrogen and oxygen atoms in total. The molecule has 1 fully saturated rings. The van der Waals surface area contributed by atoms with E-state index in [-0.39, 0.29) is 0 Å². The first-order valence-electron chi connectivity index (χ1n) is 7.76. The summed E-state index contributed by atoms with van der Waals surface area (Å²) in [7, 11) is 2.09. The molecular weight excluding hydrogens is 250 g/mol. The van der Waals surface area contributed by atoms with Gasteiger partial charge in [-0.2, -0.15) is 0 Å². The monoisotopic (exact) mass is 279 g/mol. The second-order valence-electron chi connectivity index (χ2n) is 6.91. The molecule has 1 aromatic rings. The van der Waals surface area contributed by atoms with Crippen molar-refractivity contribution in [3.8, 4) is 0 Å². The largest absolute Gasteiger partial charge is 0.319 e. The Balaban J connectivity index is 2.04. The van der Waals surface area contributed by atoms with Gasteiger partial charge in [0, 0.05) is 9.75 Å². The molecule has 0 saturated heterocycles. The van der Waals surface area contributed by atoms with Crippen molar-refractivity contribution in [3.63, 3.8) is 0 Å². The van der Waals surface area contributed by atoms with Crippen molar-refractivity contribution in [2.24, 2.45) is 17.3 Å². The number of hydrogen-bond donors (Lipinski definition) is 1. The summed E-state index contributed by atoms with van der Waals surface area (Å²) in [4.78, 5) is 3.14. The van der Waals surface area contributed by atoms with E-state index in [2.05, 4.69) is 45.3 Å². The van der Waals surface area contributed by atoms with E-state index in [9.17, 15) is 0 Å². The van der Waals surface area contributed by atoms with Crippen molar-refractivity contribution in [3.05, 3.63) is 21.9 Å². The molecule has 1 saturated carbocycles. The van der Waals surface area contributed by atoms with Crippen molar-refractivity contribution in [1.29, 1.82) is 0 Å².